The van der Waals surface area contributed by atoms with Crippen molar-refractivity contribution in [2.45, 2.75) is 30.8 Å². The number of aliphatic carboxylic acids is 2. The van der Waals surface area contributed by atoms with Crippen molar-refractivity contribution in [2.75, 3.05) is 13.2 Å². The molecule has 156 valence electrons. The molecule has 0 spiro atoms. The Bertz CT molecular complexity index is 722. The minimum atomic E-state index is -1.12. The van der Waals surface area contributed by atoms with Gasteiger partial charge in [0.25, 0.3) is 0 Å². The second-order valence-corrected chi connectivity index (χ2v) is 7.37. The molecule has 4 rings (SSSR count). The zero-order valence-electron chi connectivity index (χ0n) is 15.2. The van der Waals surface area contributed by atoms with Crippen LogP contribution in [-0.2, 0) is 38.1 Å². The fourth-order valence-electron chi connectivity index (χ4n) is 4.36. The normalized spacial score (nSPS) is 38.3. The molecule has 0 amide bonds. The van der Waals surface area contributed by atoms with Crippen molar-refractivity contribution in [1.29, 1.82) is 0 Å². The van der Waals surface area contributed by atoms with Gasteiger partial charge in [-0.25, -0.2) is 0 Å². The SMILES string of the molecule is O=C(O)C1C2C=CC(O2)C1C(=O)OCCCOC(=O)C1C2C=CC(O2)C1C(=O)O. The molecule has 2 N–H and O–H groups in total. The fourth-order valence-corrected chi connectivity index (χ4v) is 4.36. The van der Waals surface area contributed by atoms with Crippen LogP contribution in [0.1, 0.15) is 6.42 Å². The van der Waals surface area contributed by atoms with E-state index in [9.17, 15) is 29.4 Å². The molecule has 0 aromatic heterocycles. The molecule has 4 aliphatic rings. The first-order valence-corrected chi connectivity index (χ1v) is 9.35. The summed E-state index contributed by atoms with van der Waals surface area (Å²) in [6.45, 7) is -0.128. The zero-order chi connectivity index (χ0) is 20.7. The van der Waals surface area contributed by atoms with Crippen LogP contribution in [0.25, 0.3) is 0 Å². The van der Waals surface area contributed by atoms with E-state index >= 15 is 0 Å². The molecule has 0 radical (unpaired) electrons. The Morgan fingerprint density at radius 3 is 1.34 bits per heavy atom. The van der Waals surface area contributed by atoms with Crippen LogP contribution in [0.3, 0.4) is 0 Å². The Morgan fingerprint density at radius 1 is 0.655 bits per heavy atom. The molecule has 10 nitrogen and oxygen atoms in total. The maximum atomic E-state index is 12.3. The van der Waals surface area contributed by atoms with Crippen LogP contribution in [-0.4, -0.2) is 71.7 Å². The summed E-state index contributed by atoms with van der Waals surface area (Å²) in [6.07, 6.45) is 4.30. The molecule has 0 aliphatic carbocycles. The minimum absolute atomic E-state index is 0.0640. The number of hydrogen-bond acceptors (Lipinski definition) is 8. The number of fused-ring (bicyclic) bond motifs is 4. The van der Waals surface area contributed by atoms with Crippen molar-refractivity contribution in [1.82, 2.24) is 0 Å². The van der Waals surface area contributed by atoms with Gasteiger partial charge in [0.2, 0.25) is 0 Å². The molecule has 2 fully saturated rings. The number of carboxylic acid groups (broad SMARTS) is 2. The highest BCUT2D eigenvalue weighted by Crippen LogP contribution is 2.41. The maximum Gasteiger partial charge on any atom is 0.312 e. The van der Waals surface area contributed by atoms with Gasteiger partial charge < -0.3 is 29.2 Å². The molecule has 29 heavy (non-hydrogen) atoms. The largest absolute Gasteiger partial charge is 0.481 e. The van der Waals surface area contributed by atoms with E-state index in [0.717, 1.165) is 0 Å². The average molecular weight is 408 g/mol. The summed E-state index contributed by atoms with van der Waals surface area (Å²) in [5.41, 5.74) is 0. The Labute approximate surface area is 165 Å². The monoisotopic (exact) mass is 408 g/mol. The predicted molar refractivity (Wildman–Crippen MR) is 91.4 cm³/mol. The second kappa shape index (κ2) is 7.60. The third kappa shape index (κ3) is 3.42. The molecular weight excluding hydrogens is 388 g/mol. The molecule has 0 aromatic rings. The summed E-state index contributed by atoms with van der Waals surface area (Å²) in [4.78, 5) is 47.3. The van der Waals surface area contributed by atoms with Gasteiger partial charge in [0, 0.05) is 6.42 Å². The van der Waals surface area contributed by atoms with E-state index in [0.29, 0.717) is 0 Å². The highest BCUT2D eigenvalue weighted by molar-refractivity contribution is 5.84. The summed E-state index contributed by atoms with van der Waals surface area (Å²) >= 11 is 0. The van der Waals surface area contributed by atoms with Gasteiger partial charge in [-0.3, -0.25) is 19.2 Å². The van der Waals surface area contributed by atoms with E-state index < -0.39 is 72.0 Å². The van der Waals surface area contributed by atoms with Gasteiger partial charge in [-0.1, -0.05) is 24.3 Å². The lowest BCUT2D eigenvalue weighted by Crippen LogP contribution is -2.38. The summed E-state index contributed by atoms with van der Waals surface area (Å²) in [7, 11) is 0. The number of rotatable bonds is 8. The van der Waals surface area contributed by atoms with E-state index in [1.165, 1.54) is 0 Å². The van der Waals surface area contributed by atoms with Crippen molar-refractivity contribution in [2.24, 2.45) is 23.7 Å². The summed E-state index contributed by atoms with van der Waals surface area (Å²) < 4.78 is 21.1. The van der Waals surface area contributed by atoms with E-state index in [1.54, 1.807) is 24.3 Å². The minimum Gasteiger partial charge on any atom is -0.481 e. The van der Waals surface area contributed by atoms with Crippen molar-refractivity contribution >= 4 is 23.9 Å². The van der Waals surface area contributed by atoms with E-state index in [-0.39, 0.29) is 19.6 Å². The Balaban J connectivity index is 1.21. The number of ether oxygens (including phenoxy) is 4. The predicted octanol–water partition coefficient (Wildman–Crippen LogP) is -0.229. The average Bonchev–Trinajstić information content (AvgIpc) is 3.45. The highest BCUT2D eigenvalue weighted by Gasteiger charge is 2.55. The molecule has 2 saturated heterocycles. The first-order valence-electron chi connectivity index (χ1n) is 9.35. The standard InChI is InChI=1S/C19H20O10/c20-16(21)12-8-2-4-10(28-8)14(12)18(24)26-6-1-7-27-19(25)15-11-5-3-9(29-11)13(15)17(22)23/h2-5,8-15H,1,6-7H2,(H,20,21)(H,22,23). The number of carboxylic acids is 2. The van der Waals surface area contributed by atoms with Crippen LogP contribution in [0.4, 0.5) is 0 Å². The lowest BCUT2D eigenvalue weighted by molar-refractivity contribution is -0.159. The number of carbonyl (C=O) groups excluding carboxylic acids is 2. The first-order chi connectivity index (χ1) is 13.9. The molecule has 4 bridgehead atoms. The van der Waals surface area contributed by atoms with Gasteiger partial charge in [-0.15, -0.1) is 0 Å². The topological polar surface area (TPSA) is 146 Å². The van der Waals surface area contributed by atoms with Gasteiger partial charge in [-0.2, -0.15) is 0 Å². The zero-order valence-corrected chi connectivity index (χ0v) is 15.2. The molecule has 8 atom stereocenters. The number of carbonyl (C=O) groups is 4. The van der Waals surface area contributed by atoms with Crippen molar-refractivity contribution in [3.8, 4) is 0 Å². The van der Waals surface area contributed by atoms with Crippen LogP contribution in [0.5, 0.6) is 0 Å². The van der Waals surface area contributed by atoms with E-state index in [4.69, 9.17) is 18.9 Å². The molecule has 10 heteroatoms. The van der Waals surface area contributed by atoms with Crippen molar-refractivity contribution in [3.63, 3.8) is 0 Å². The molecule has 4 heterocycles. The van der Waals surface area contributed by atoms with Crippen LogP contribution < -0.4 is 0 Å². The van der Waals surface area contributed by atoms with E-state index in [2.05, 4.69) is 0 Å². The molecule has 4 aliphatic heterocycles. The van der Waals surface area contributed by atoms with Gasteiger partial charge in [0.05, 0.1) is 37.6 Å². The Kier molecular flexibility index (Phi) is 5.13. The van der Waals surface area contributed by atoms with Crippen LogP contribution >= 0.6 is 0 Å². The molecule has 0 aromatic carbocycles. The van der Waals surface area contributed by atoms with Crippen molar-refractivity contribution < 1.29 is 48.3 Å². The number of esters is 2. The summed E-state index contributed by atoms with van der Waals surface area (Å²) in [5, 5.41) is 18.6. The quantitative estimate of drug-likeness (QED) is 0.314. The van der Waals surface area contributed by atoms with E-state index in [1.807, 2.05) is 0 Å². The lowest BCUT2D eigenvalue weighted by atomic mass is 9.83. The third-order valence-corrected chi connectivity index (χ3v) is 5.69. The second-order valence-electron chi connectivity index (χ2n) is 7.37. The van der Waals surface area contributed by atoms with Crippen LogP contribution in [0, 0.1) is 23.7 Å². The maximum absolute atomic E-state index is 12.3. The van der Waals surface area contributed by atoms with Crippen LogP contribution in [0.15, 0.2) is 24.3 Å². The molecule has 8 unspecified atom stereocenters. The lowest BCUT2D eigenvalue weighted by Gasteiger charge is -2.21. The molecular formula is C19H20O10. The third-order valence-electron chi connectivity index (χ3n) is 5.69. The Morgan fingerprint density at radius 2 is 1.00 bits per heavy atom. The van der Waals surface area contributed by atoms with Crippen LogP contribution in [0.2, 0.25) is 0 Å². The summed E-state index contributed by atoms with van der Waals surface area (Å²) in [5.74, 6) is -7.33. The summed E-state index contributed by atoms with van der Waals surface area (Å²) in [6, 6.07) is 0. The van der Waals surface area contributed by atoms with Gasteiger partial charge in [0.1, 0.15) is 23.7 Å². The Hall–Kier alpha value is -2.72. The fraction of sp³-hybridized carbons (Fsp3) is 0.579. The van der Waals surface area contributed by atoms with Gasteiger partial charge in [0.15, 0.2) is 0 Å². The van der Waals surface area contributed by atoms with Gasteiger partial charge >= 0.3 is 23.9 Å². The smallest absolute Gasteiger partial charge is 0.312 e. The molecule has 0 saturated carbocycles. The first kappa shape index (κ1) is 19.6. The van der Waals surface area contributed by atoms with Crippen molar-refractivity contribution in [3.05, 3.63) is 24.3 Å². The number of hydrogen-bond donors (Lipinski definition) is 2. The highest BCUT2D eigenvalue weighted by atomic mass is 16.6. The van der Waals surface area contributed by atoms with Gasteiger partial charge in [-0.05, 0) is 0 Å².